The number of nitrogens with one attached hydrogen (secondary N) is 1. The molecular weight excluding hydrogens is 432 g/mol. The number of esters is 1. The number of hydrogen-bond acceptors (Lipinski definition) is 6. The van der Waals surface area contributed by atoms with Crippen LogP contribution in [-0.4, -0.2) is 60.5 Å². The Morgan fingerprint density at radius 3 is 2.79 bits per heavy atom. The molecule has 1 amide bonds. The maximum Gasteiger partial charge on any atom is 0.334 e. The second-order valence-electron chi connectivity index (χ2n) is 10.8. The average molecular weight is 471 g/mol. The lowest BCUT2D eigenvalue weighted by Crippen LogP contribution is -2.59. The van der Waals surface area contributed by atoms with Gasteiger partial charge in [0.15, 0.2) is 0 Å². The van der Waals surface area contributed by atoms with Crippen LogP contribution in [0, 0.1) is 17.8 Å². The van der Waals surface area contributed by atoms with E-state index in [1.807, 2.05) is 19.9 Å². The van der Waals surface area contributed by atoms with Gasteiger partial charge in [-0.15, -0.1) is 0 Å². The maximum absolute atomic E-state index is 13.1. The van der Waals surface area contributed by atoms with Crippen molar-refractivity contribution in [2.75, 3.05) is 20.2 Å². The largest absolute Gasteiger partial charge is 0.425 e. The van der Waals surface area contributed by atoms with Gasteiger partial charge in [-0.05, 0) is 74.4 Å². The number of carbonyl (C=O) groups is 3. The Hall–Kier alpha value is -2.25. The van der Waals surface area contributed by atoms with Crippen LogP contribution in [0.3, 0.4) is 0 Å². The zero-order valence-corrected chi connectivity index (χ0v) is 20.6. The summed E-state index contributed by atoms with van der Waals surface area (Å²) in [6.45, 7) is 4.38. The summed E-state index contributed by atoms with van der Waals surface area (Å²) in [5.41, 5.74) is 2.89. The molecule has 2 unspecified atom stereocenters. The third-order valence-corrected chi connectivity index (χ3v) is 8.42. The number of fused-ring (bicyclic) bond motifs is 1. The van der Waals surface area contributed by atoms with E-state index in [2.05, 4.69) is 29.4 Å². The van der Waals surface area contributed by atoms with Crippen molar-refractivity contribution in [1.82, 2.24) is 10.2 Å². The molecule has 2 bridgehead atoms. The van der Waals surface area contributed by atoms with Crippen LogP contribution < -0.4 is 10.1 Å². The van der Waals surface area contributed by atoms with Gasteiger partial charge in [-0.25, -0.2) is 4.79 Å². The first-order valence-corrected chi connectivity index (χ1v) is 12.7. The molecule has 5 atom stereocenters. The Kier molecular flexibility index (Phi) is 7.43. The number of ether oxygens (including phenoxy) is 1. The first-order valence-electron chi connectivity index (χ1n) is 12.7. The smallest absolute Gasteiger partial charge is 0.334 e. The van der Waals surface area contributed by atoms with Gasteiger partial charge in [-0.3, -0.25) is 4.79 Å². The van der Waals surface area contributed by atoms with Gasteiger partial charge >= 0.3 is 5.97 Å². The van der Waals surface area contributed by atoms with E-state index in [-0.39, 0.29) is 17.8 Å². The Morgan fingerprint density at radius 2 is 2.09 bits per heavy atom. The van der Waals surface area contributed by atoms with Gasteiger partial charge in [0.1, 0.15) is 18.1 Å². The Bertz CT molecular complexity index is 932. The van der Waals surface area contributed by atoms with Crippen LogP contribution in [0.15, 0.2) is 18.2 Å². The van der Waals surface area contributed by atoms with Crippen molar-refractivity contribution in [1.29, 1.82) is 0 Å². The van der Waals surface area contributed by atoms with Gasteiger partial charge in [-0.2, -0.15) is 0 Å². The van der Waals surface area contributed by atoms with Gasteiger partial charge < -0.3 is 24.9 Å². The van der Waals surface area contributed by atoms with Crippen molar-refractivity contribution < 1.29 is 24.2 Å². The number of likely N-dealkylation sites (tertiary alicyclic amines) is 1. The minimum atomic E-state index is -0.831. The number of rotatable bonds is 8. The molecule has 1 saturated heterocycles. The second-order valence-corrected chi connectivity index (χ2v) is 10.8. The summed E-state index contributed by atoms with van der Waals surface area (Å²) < 4.78 is 5.81. The predicted octanol–water partition coefficient (Wildman–Crippen LogP) is 2.62. The number of aldehydes is 1. The van der Waals surface area contributed by atoms with Crippen LogP contribution in [0.5, 0.6) is 5.75 Å². The standard InChI is InChI=1S/C27H38N2O5/c1-17(2)25(28-24(32)12-18(15-30)16-31)26(33)34-20-8-7-19-13-23-21-6-4-5-9-27(21,22(19)14-20)10-11-29(23)3/h7-8,14-15,17-18,21,23,25,31H,4-6,9-13,16H2,1-3H3,(H,28,32)/t18?,21-,23+,25?,27+/m0/s1. The number of aliphatic hydroxyl groups is 1. The normalized spacial score (nSPS) is 27.8. The summed E-state index contributed by atoms with van der Waals surface area (Å²) in [5, 5.41) is 11.9. The average Bonchev–Trinajstić information content (AvgIpc) is 2.83. The third kappa shape index (κ3) is 4.65. The number of aliphatic hydroxyl groups excluding tert-OH is 1. The number of benzene rings is 1. The first-order chi connectivity index (χ1) is 16.3. The number of likely N-dealkylation sites (N-methyl/N-ethyl adjacent to an activating group) is 1. The summed E-state index contributed by atoms with van der Waals surface area (Å²) in [4.78, 5) is 38.9. The van der Waals surface area contributed by atoms with Gasteiger partial charge in [-0.1, -0.05) is 32.8 Å². The van der Waals surface area contributed by atoms with Gasteiger partial charge in [0.2, 0.25) is 5.91 Å². The van der Waals surface area contributed by atoms with E-state index in [9.17, 15) is 19.5 Å². The van der Waals surface area contributed by atoms with Crippen molar-refractivity contribution in [2.45, 2.75) is 76.3 Å². The predicted molar refractivity (Wildman–Crippen MR) is 128 cm³/mol. The van der Waals surface area contributed by atoms with Gasteiger partial charge in [0, 0.05) is 23.8 Å². The van der Waals surface area contributed by atoms with Gasteiger partial charge in [0.05, 0.1) is 6.61 Å². The summed E-state index contributed by atoms with van der Waals surface area (Å²) in [7, 11) is 2.25. The highest BCUT2D eigenvalue weighted by atomic mass is 16.5. The van der Waals surface area contributed by atoms with Crippen molar-refractivity contribution in [3.8, 4) is 5.75 Å². The summed E-state index contributed by atoms with van der Waals surface area (Å²) in [6.07, 6.45) is 7.57. The molecule has 1 heterocycles. The maximum atomic E-state index is 13.1. The molecule has 2 aliphatic carbocycles. The van der Waals surface area contributed by atoms with E-state index >= 15 is 0 Å². The van der Waals surface area contributed by atoms with Crippen molar-refractivity contribution in [2.24, 2.45) is 17.8 Å². The van der Waals surface area contributed by atoms with Crippen molar-refractivity contribution in [3.05, 3.63) is 29.3 Å². The molecule has 1 aliphatic heterocycles. The second kappa shape index (κ2) is 10.2. The number of piperidine rings is 1. The van der Waals surface area contributed by atoms with Crippen LogP contribution in [0.25, 0.3) is 0 Å². The highest BCUT2D eigenvalue weighted by Crippen LogP contribution is 2.55. The number of amides is 1. The minimum absolute atomic E-state index is 0.158. The lowest BCUT2D eigenvalue weighted by molar-refractivity contribution is -0.141. The fourth-order valence-corrected chi connectivity index (χ4v) is 6.54. The summed E-state index contributed by atoms with van der Waals surface area (Å²) in [6, 6.07) is 5.84. The van der Waals surface area contributed by atoms with Crippen LogP contribution in [0.1, 0.15) is 63.5 Å². The van der Waals surface area contributed by atoms with E-state index in [1.54, 1.807) is 0 Å². The molecule has 34 heavy (non-hydrogen) atoms. The highest BCUT2D eigenvalue weighted by molar-refractivity contribution is 5.86. The van der Waals surface area contributed by atoms with E-state index in [1.165, 1.54) is 36.8 Å². The lowest BCUT2D eigenvalue weighted by Gasteiger charge is -2.58. The minimum Gasteiger partial charge on any atom is -0.425 e. The Balaban J connectivity index is 1.53. The van der Waals surface area contributed by atoms with Crippen LogP contribution in [0.2, 0.25) is 0 Å². The van der Waals surface area contributed by atoms with E-state index < -0.39 is 30.4 Å². The molecule has 7 nitrogen and oxygen atoms in total. The highest BCUT2D eigenvalue weighted by Gasteiger charge is 2.53. The van der Waals surface area contributed by atoms with E-state index in [0.29, 0.717) is 24.0 Å². The number of nitrogens with zero attached hydrogens (tertiary/aromatic N) is 1. The molecule has 2 N–H and O–H groups in total. The SMILES string of the molecule is CC(C)C(NC(=O)CC(C=O)CO)C(=O)Oc1ccc2c(c1)[C@@]13CCCC[C@H]1[C@@H](C2)N(C)CC3. The van der Waals surface area contributed by atoms with E-state index in [4.69, 9.17) is 4.74 Å². The van der Waals surface area contributed by atoms with Crippen LogP contribution >= 0.6 is 0 Å². The molecule has 2 fully saturated rings. The Labute approximate surface area is 202 Å². The summed E-state index contributed by atoms with van der Waals surface area (Å²) >= 11 is 0. The topological polar surface area (TPSA) is 95.9 Å². The Morgan fingerprint density at radius 1 is 1.29 bits per heavy atom. The van der Waals surface area contributed by atoms with E-state index in [0.717, 1.165) is 19.4 Å². The monoisotopic (exact) mass is 470 g/mol. The molecule has 1 aromatic carbocycles. The quantitative estimate of drug-likeness (QED) is 0.345. The molecule has 0 aromatic heterocycles. The van der Waals surface area contributed by atoms with Crippen molar-refractivity contribution in [3.63, 3.8) is 0 Å². The molecule has 7 heteroatoms. The molecule has 0 radical (unpaired) electrons. The van der Waals surface area contributed by atoms with Crippen LogP contribution in [-0.2, 0) is 26.2 Å². The molecule has 3 aliphatic rings. The molecule has 0 spiro atoms. The number of hydrogen-bond donors (Lipinski definition) is 2. The molecule has 1 saturated carbocycles. The first kappa shape index (κ1) is 24.9. The zero-order chi connectivity index (χ0) is 24.5. The third-order valence-electron chi connectivity index (χ3n) is 8.42. The fourth-order valence-electron chi connectivity index (χ4n) is 6.54. The number of carbonyl (C=O) groups excluding carboxylic acids is 3. The molecule has 186 valence electrons. The molecule has 4 rings (SSSR count). The summed E-state index contributed by atoms with van der Waals surface area (Å²) in [5.74, 6) is -0.739. The fraction of sp³-hybridized carbons (Fsp3) is 0.667. The molecular formula is C27H38N2O5. The van der Waals surface area contributed by atoms with Gasteiger partial charge in [0.25, 0.3) is 0 Å². The van der Waals surface area contributed by atoms with Crippen LogP contribution in [0.4, 0.5) is 0 Å². The zero-order valence-electron chi connectivity index (χ0n) is 20.6. The van der Waals surface area contributed by atoms with Crippen molar-refractivity contribution >= 4 is 18.2 Å². The lowest BCUT2D eigenvalue weighted by atomic mass is 9.52. The molecule has 1 aromatic rings.